The van der Waals surface area contributed by atoms with Gasteiger partial charge in [0.2, 0.25) is 0 Å². The second kappa shape index (κ2) is 9.19. The van der Waals surface area contributed by atoms with E-state index in [0.717, 1.165) is 11.1 Å². The minimum absolute atomic E-state index is 0.0601. The van der Waals surface area contributed by atoms with Crippen molar-refractivity contribution in [3.05, 3.63) is 71.3 Å². The molecule has 1 fully saturated rings. The largest absolute Gasteiger partial charge is 0.445 e. The van der Waals surface area contributed by atoms with E-state index in [4.69, 9.17) is 10.5 Å². The number of hydrogen-bond acceptors (Lipinski definition) is 4. The van der Waals surface area contributed by atoms with Crippen LogP contribution in [-0.2, 0) is 17.9 Å². The Hall–Kier alpha value is -2.86. The third-order valence-electron chi connectivity index (χ3n) is 4.75. The van der Waals surface area contributed by atoms with Gasteiger partial charge in [-0.1, -0.05) is 42.5 Å². The topological polar surface area (TPSA) is 84.7 Å². The summed E-state index contributed by atoms with van der Waals surface area (Å²) in [5.74, 6) is -0.0938. The second-order valence-electron chi connectivity index (χ2n) is 6.68. The van der Waals surface area contributed by atoms with E-state index >= 15 is 0 Å². The summed E-state index contributed by atoms with van der Waals surface area (Å²) in [7, 11) is 0. The SMILES string of the molecule is NCc1ccc(C(=O)NC2CCN(C(=O)OCc3ccccc3)CC2)cc1. The highest BCUT2D eigenvalue weighted by Crippen LogP contribution is 2.14. The molecule has 0 spiro atoms. The molecule has 3 rings (SSSR count). The van der Waals surface area contributed by atoms with Gasteiger partial charge in [0.15, 0.2) is 0 Å². The Labute approximate surface area is 159 Å². The Kier molecular flexibility index (Phi) is 6.44. The maximum absolute atomic E-state index is 12.3. The Morgan fingerprint density at radius 1 is 1.00 bits per heavy atom. The maximum Gasteiger partial charge on any atom is 0.410 e. The molecule has 142 valence electrons. The summed E-state index contributed by atoms with van der Waals surface area (Å²) in [4.78, 5) is 26.2. The van der Waals surface area contributed by atoms with Gasteiger partial charge in [0.05, 0.1) is 0 Å². The van der Waals surface area contributed by atoms with E-state index in [0.29, 0.717) is 38.0 Å². The van der Waals surface area contributed by atoms with E-state index in [1.807, 2.05) is 42.5 Å². The average molecular weight is 367 g/mol. The zero-order valence-corrected chi connectivity index (χ0v) is 15.3. The van der Waals surface area contributed by atoms with Crippen molar-refractivity contribution >= 4 is 12.0 Å². The molecule has 1 heterocycles. The van der Waals surface area contributed by atoms with Crippen LogP contribution in [0.2, 0.25) is 0 Å². The number of nitrogens with one attached hydrogen (secondary N) is 1. The highest BCUT2D eigenvalue weighted by Gasteiger charge is 2.25. The van der Waals surface area contributed by atoms with Crippen LogP contribution in [-0.4, -0.2) is 36.0 Å². The van der Waals surface area contributed by atoms with Crippen LogP contribution in [0.3, 0.4) is 0 Å². The minimum Gasteiger partial charge on any atom is -0.445 e. The molecule has 6 nitrogen and oxygen atoms in total. The minimum atomic E-state index is -0.305. The number of nitrogens with zero attached hydrogens (tertiary/aromatic N) is 1. The van der Waals surface area contributed by atoms with Gasteiger partial charge in [-0.2, -0.15) is 0 Å². The summed E-state index contributed by atoms with van der Waals surface area (Å²) in [6, 6.07) is 17.0. The molecule has 0 unspecified atom stereocenters. The highest BCUT2D eigenvalue weighted by atomic mass is 16.6. The molecule has 0 atom stereocenters. The first kappa shape index (κ1) is 18.9. The lowest BCUT2D eigenvalue weighted by molar-refractivity contribution is 0.0809. The number of hydrogen-bond donors (Lipinski definition) is 2. The maximum atomic E-state index is 12.3. The fourth-order valence-corrected chi connectivity index (χ4v) is 3.08. The van der Waals surface area contributed by atoms with Crippen LogP contribution in [0.15, 0.2) is 54.6 Å². The van der Waals surface area contributed by atoms with Crippen molar-refractivity contribution in [2.75, 3.05) is 13.1 Å². The summed E-state index contributed by atoms with van der Waals surface area (Å²) in [5, 5.41) is 3.04. The second-order valence-corrected chi connectivity index (χ2v) is 6.68. The fourth-order valence-electron chi connectivity index (χ4n) is 3.08. The molecule has 0 bridgehead atoms. The monoisotopic (exact) mass is 367 g/mol. The average Bonchev–Trinajstić information content (AvgIpc) is 2.73. The molecule has 2 aromatic rings. The predicted octanol–water partition coefficient (Wildman–Crippen LogP) is 2.68. The zero-order chi connectivity index (χ0) is 19.1. The number of ether oxygens (including phenoxy) is 1. The third-order valence-corrected chi connectivity index (χ3v) is 4.75. The van der Waals surface area contributed by atoms with E-state index < -0.39 is 0 Å². The summed E-state index contributed by atoms with van der Waals surface area (Å²) in [6.45, 7) is 1.88. The van der Waals surface area contributed by atoms with Crippen molar-refractivity contribution in [2.24, 2.45) is 5.73 Å². The lowest BCUT2D eigenvalue weighted by Gasteiger charge is -2.31. The lowest BCUT2D eigenvalue weighted by atomic mass is 10.0. The van der Waals surface area contributed by atoms with Gasteiger partial charge in [-0.3, -0.25) is 4.79 Å². The molecule has 3 N–H and O–H groups in total. The first-order chi connectivity index (χ1) is 13.2. The molecule has 2 aromatic carbocycles. The van der Waals surface area contributed by atoms with Gasteiger partial charge in [-0.15, -0.1) is 0 Å². The summed E-state index contributed by atoms with van der Waals surface area (Å²) in [5.41, 5.74) is 8.16. The van der Waals surface area contributed by atoms with Crippen LogP contribution in [0, 0.1) is 0 Å². The molecule has 0 aliphatic carbocycles. The van der Waals surface area contributed by atoms with E-state index in [2.05, 4.69) is 5.32 Å². The Balaban J connectivity index is 1.42. The van der Waals surface area contributed by atoms with Crippen molar-refractivity contribution in [3.8, 4) is 0 Å². The standard InChI is InChI=1S/C21H25N3O3/c22-14-16-6-8-18(9-7-16)20(25)23-19-10-12-24(13-11-19)21(26)27-15-17-4-2-1-3-5-17/h1-9,19H,10-15,22H2,(H,23,25). The first-order valence-corrected chi connectivity index (χ1v) is 9.21. The molecule has 0 saturated carbocycles. The van der Waals surface area contributed by atoms with E-state index in [-0.39, 0.29) is 24.6 Å². The predicted molar refractivity (Wildman–Crippen MR) is 103 cm³/mol. The number of benzene rings is 2. The third kappa shape index (κ3) is 5.31. The van der Waals surface area contributed by atoms with Gasteiger partial charge in [0, 0.05) is 31.2 Å². The smallest absolute Gasteiger partial charge is 0.410 e. The van der Waals surface area contributed by atoms with Gasteiger partial charge in [0.1, 0.15) is 6.61 Å². The summed E-state index contributed by atoms with van der Waals surface area (Å²) < 4.78 is 5.36. The number of amides is 2. The number of carbonyl (C=O) groups excluding carboxylic acids is 2. The molecule has 1 aliphatic heterocycles. The quantitative estimate of drug-likeness (QED) is 0.851. The van der Waals surface area contributed by atoms with E-state index in [1.54, 1.807) is 17.0 Å². The Bertz CT molecular complexity index is 754. The molecular formula is C21H25N3O3. The van der Waals surface area contributed by atoms with Gasteiger partial charge in [-0.25, -0.2) is 4.79 Å². The number of likely N-dealkylation sites (tertiary alicyclic amines) is 1. The summed E-state index contributed by atoms with van der Waals surface area (Å²) in [6.07, 6.45) is 1.13. The Morgan fingerprint density at radius 2 is 1.67 bits per heavy atom. The van der Waals surface area contributed by atoms with Gasteiger partial charge in [-0.05, 0) is 36.1 Å². The van der Waals surface area contributed by atoms with Crippen LogP contribution >= 0.6 is 0 Å². The number of piperidine rings is 1. The fraction of sp³-hybridized carbons (Fsp3) is 0.333. The lowest BCUT2D eigenvalue weighted by Crippen LogP contribution is -2.46. The van der Waals surface area contributed by atoms with Gasteiger partial charge >= 0.3 is 6.09 Å². The van der Waals surface area contributed by atoms with Gasteiger partial charge in [0.25, 0.3) is 5.91 Å². The van der Waals surface area contributed by atoms with E-state index in [1.165, 1.54) is 0 Å². The van der Waals surface area contributed by atoms with Crippen LogP contribution in [0.5, 0.6) is 0 Å². The molecule has 1 saturated heterocycles. The van der Waals surface area contributed by atoms with Crippen LogP contribution < -0.4 is 11.1 Å². The molecule has 0 radical (unpaired) electrons. The number of nitrogens with two attached hydrogens (primary N) is 1. The molecule has 6 heteroatoms. The Morgan fingerprint density at radius 3 is 2.30 bits per heavy atom. The molecule has 1 aliphatic rings. The van der Waals surface area contributed by atoms with Crippen molar-refractivity contribution in [3.63, 3.8) is 0 Å². The van der Waals surface area contributed by atoms with Crippen molar-refractivity contribution in [2.45, 2.75) is 32.0 Å². The van der Waals surface area contributed by atoms with E-state index in [9.17, 15) is 9.59 Å². The molecule has 0 aromatic heterocycles. The molecular weight excluding hydrogens is 342 g/mol. The van der Waals surface area contributed by atoms with Crippen LogP contribution in [0.1, 0.15) is 34.3 Å². The van der Waals surface area contributed by atoms with Crippen molar-refractivity contribution in [1.29, 1.82) is 0 Å². The van der Waals surface area contributed by atoms with Crippen LogP contribution in [0.25, 0.3) is 0 Å². The molecule has 2 amide bonds. The van der Waals surface area contributed by atoms with Gasteiger partial charge < -0.3 is 20.7 Å². The zero-order valence-electron chi connectivity index (χ0n) is 15.3. The van der Waals surface area contributed by atoms with Crippen molar-refractivity contribution in [1.82, 2.24) is 10.2 Å². The van der Waals surface area contributed by atoms with Crippen molar-refractivity contribution < 1.29 is 14.3 Å². The number of carbonyl (C=O) groups is 2. The summed E-state index contributed by atoms with van der Waals surface area (Å²) >= 11 is 0. The molecule has 27 heavy (non-hydrogen) atoms. The number of rotatable bonds is 5. The first-order valence-electron chi connectivity index (χ1n) is 9.21. The van der Waals surface area contributed by atoms with Crippen LogP contribution in [0.4, 0.5) is 4.79 Å². The normalized spacial score (nSPS) is 14.6. The highest BCUT2D eigenvalue weighted by molar-refractivity contribution is 5.94.